The molecule has 122 valence electrons. The van der Waals surface area contributed by atoms with Crippen LogP contribution in [0.3, 0.4) is 0 Å². The first-order valence-electron chi connectivity index (χ1n) is 8.91. The van der Waals surface area contributed by atoms with E-state index >= 15 is 0 Å². The fraction of sp³-hybridized carbons (Fsp3) is 0.261. The normalized spacial score (nSPS) is 11.0. The van der Waals surface area contributed by atoms with Gasteiger partial charge in [0, 0.05) is 11.8 Å². The van der Waals surface area contributed by atoms with Crippen molar-refractivity contribution in [2.45, 2.75) is 33.1 Å². The van der Waals surface area contributed by atoms with E-state index in [1.54, 1.807) is 0 Å². The van der Waals surface area contributed by atoms with Gasteiger partial charge in [0.1, 0.15) is 0 Å². The van der Waals surface area contributed by atoms with E-state index in [0.29, 0.717) is 0 Å². The van der Waals surface area contributed by atoms with Gasteiger partial charge in [-0.15, -0.1) is 0 Å². The highest BCUT2D eigenvalue weighted by Gasteiger charge is 2.06. The predicted octanol–water partition coefficient (Wildman–Crippen LogP) is 6.39. The number of rotatable bonds is 6. The summed E-state index contributed by atoms with van der Waals surface area (Å²) in [6.07, 6.45) is 5.53. The second-order valence-corrected chi connectivity index (χ2v) is 6.38. The maximum Gasteiger partial charge on any atom is 0.0702 e. The third-order valence-electron chi connectivity index (χ3n) is 4.79. The average molecular weight is 315 g/mol. The largest absolute Gasteiger partial charge is 0.256 e. The van der Waals surface area contributed by atoms with Gasteiger partial charge in [0.15, 0.2) is 0 Å². The van der Waals surface area contributed by atoms with Crippen molar-refractivity contribution in [2.75, 3.05) is 0 Å². The molecule has 2 aromatic carbocycles. The summed E-state index contributed by atoms with van der Waals surface area (Å²) in [6.45, 7) is 4.57. The van der Waals surface area contributed by atoms with E-state index in [0.717, 1.165) is 17.2 Å². The van der Waals surface area contributed by atoms with E-state index in [1.807, 2.05) is 18.3 Å². The highest BCUT2D eigenvalue weighted by molar-refractivity contribution is 5.71. The molecule has 3 rings (SSSR count). The van der Waals surface area contributed by atoms with Crippen LogP contribution in [0.15, 0.2) is 72.9 Å². The second kappa shape index (κ2) is 7.92. The number of pyridine rings is 1. The van der Waals surface area contributed by atoms with Crippen LogP contribution in [0.5, 0.6) is 0 Å². The summed E-state index contributed by atoms with van der Waals surface area (Å²) < 4.78 is 0. The molecule has 0 spiro atoms. The highest BCUT2D eigenvalue weighted by Crippen LogP contribution is 2.26. The predicted molar refractivity (Wildman–Crippen MR) is 103 cm³/mol. The van der Waals surface area contributed by atoms with Gasteiger partial charge in [-0.25, -0.2) is 0 Å². The van der Waals surface area contributed by atoms with Crippen molar-refractivity contribution < 1.29 is 0 Å². The summed E-state index contributed by atoms with van der Waals surface area (Å²) in [5, 5.41) is 0. The Bertz CT molecular complexity index is 756. The summed E-state index contributed by atoms with van der Waals surface area (Å²) in [4.78, 5) is 4.45. The van der Waals surface area contributed by atoms with Crippen LogP contribution in [0.1, 0.15) is 32.3 Å². The van der Waals surface area contributed by atoms with Crippen LogP contribution >= 0.6 is 0 Å². The number of aromatic nitrogens is 1. The molecule has 1 nitrogen and oxygen atoms in total. The van der Waals surface area contributed by atoms with E-state index in [4.69, 9.17) is 0 Å². The maximum absolute atomic E-state index is 4.45. The van der Waals surface area contributed by atoms with Gasteiger partial charge in [0.2, 0.25) is 0 Å². The van der Waals surface area contributed by atoms with Gasteiger partial charge in [-0.1, -0.05) is 75.2 Å². The van der Waals surface area contributed by atoms with Crippen molar-refractivity contribution in [3.05, 3.63) is 78.5 Å². The standard InChI is InChI=1S/C23H25N/c1-3-18(4-2)16-19-11-13-20(14-12-19)21-8-7-9-22(17-21)23-10-5-6-15-24-23/h5-15,17-18H,3-4,16H2,1-2H3. The molecule has 1 heteroatoms. The van der Waals surface area contributed by atoms with Crippen LogP contribution < -0.4 is 0 Å². The molecule has 0 unspecified atom stereocenters. The molecule has 1 aromatic heterocycles. The summed E-state index contributed by atoms with van der Waals surface area (Å²) in [6, 6.07) is 23.7. The molecule has 0 aliphatic carbocycles. The molecule has 24 heavy (non-hydrogen) atoms. The van der Waals surface area contributed by atoms with Gasteiger partial charge in [-0.2, -0.15) is 0 Å². The Morgan fingerprint density at radius 1 is 0.750 bits per heavy atom. The number of hydrogen-bond donors (Lipinski definition) is 0. The first-order valence-corrected chi connectivity index (χ1v) is 8.91. The van der Waals surface area contributed by atoms with Gasteiger partial charge < -0.3 is 0 Å². The molecular weight excluding hydrogens is 290 g/mol. The smallest absolute Gasteiger partial charge is 0.0702 e. The lowest BCUT2D eigenvalue weighted by atomic mass is 9.93. The van der Waals surface area contributed by atoms with Crippen molar-refractivity contribution in [2.24, 2.45) is 5.92 Å². The Balaban J connectivity index is 1.82. The number of nitrogens with zero attached hydrogens (tertiary/aromatic N) is 1. The highest BCUT2D eigenvalue weighted by atomic mass is 14.7. The third kappa shape index (κ3) is 3.91. The van der Waals surface area contributed by atoms with Gasteiger partial charge >= 0.3 is 0 Å². The summed E-state index contributed by atoms with van der Waals surface area (Å²) in [7, 11) is 0. The van der Waals surface area contributed by atoms with Crippen LogP contribution in [0.25, 0.3) is 22.4 Å². The van der Waals surface area contributed by atoms with E-state index < -0.39 is 0 Å². The Labute approximate surface area is 145 Å². The van der Waals surface area contributed by atoms with Gasteiger partial charge in [0.25, 0.3) is 0 Å². The lowest BCUT2D eigenvalue weighted by Gasteiger charge is -2.12. The Kier molecular flexibility index (Phi) is 5.43. The van der Waals surface area contributed by atoms with Crippen molar-refractivity contribution in [1.29, 1.82) is 0 Å². The molecule has 0 saturated carbocycles. The Morgan fingerprint density at radius 3 is 2.17 bits per heavy atom. The zero-order valence-electron chi connectivity index (χ0n) is 14.6. The van der Waals surface area contributed by atoms with Gasteiger partial charge in [-0.05, 0) is 47.2 Å². The van der Waals surface area contributed by atoms with E-state index in [2.05, 4.69) is 73.4 Å². The van der Waals surface area contributed by atoms with Gasteiger partial charge in [-0.3, -0.25) is 4.98 Å². The molecule has 0 bridgehead atoms. The molecule has 1 heterocycles. The molecule has 0 saturated heterocycles. The monoisotopic (exact) mass is 315 g/mol. The summed E-state index contributed by atoms with van der Waals surface area (Å²) >= 11 is 0. The van der Waals surface area contributed by atoms with Crippen LogP contribution in [0.4, 0.5) is 0 Å². The van der Waals surface area contributed by atoms with Crippen LogP contribution in [-0.4, -0.2) is 4.98 Å². The van der Waals surface area contributed by atoms with Crippen LogP contribution in [0, 0.1) is 5.92 Å². The lowest BCUT2D eigenvalue weighted by molar-refractivity contribution is 0.490. The summed E-state index contributed by atoms with van der Waals surface area (Å²) in [5.41, 5.74) is 6.13. The second-order valence-electron chi connectivity index (χ2n) is 6.38. The topological polar surface area (TPSA) is 12.9 Å². The molecule has 0 amide bonds. The number of hydrogen-bond acceptors (Lipinski definition) is 1. The van der Waals surface area contributed by atoms with Crippen molar-refractivity contribution in [3.63, 3.8) is 0 Å². The first-order chi connectivity index (χ1) is 11.8. The number of benzene rings is 2. The molecule has 0 aliphatic rings. The fourth-order valence-electron chi connectivity index (χ4n) is 3.14. The zero-order valence-corrected chi connectivity index (χ0v) is 14.6. The van der Waals surface area contributed by atoms with Crippen LogP contribution in [-0.2, 0) is 6.42 Å². The van der Waals surface area contributed by atoms with Gasteiger partial charge in [0.05, 0.1) is 5.69 Å². The maximum atomic E-state index is 4.45. The Morgan fingerprint density at radius 2 is 1.50 bits per heavy atom. The first kappa shape index (κ1) is 16.4. The molecule has 0 fully saturated rings. The zero-order chi connectivity index (χ0) is 16.8. The SMILES string of the molecule is CCC(CC)Cc1ccc(-c2cccc(-c3ccccn3)c2)cc1. The molecule has 0 N–H and O–H groups in total. The average Bonchev–Trinajstić information content (AvgIpc) is 2.67. The quantitative estimate of drug-likeness (QED) is 0.513. The van der Waals surface area contributed by atoms with E-state index in [1.165, 1.54) is 36.0 Å². The van der Waals surface area contributed by atoms with Crippen molar-refractivity contribution in [3.8, 4) is 22.4 Å². The molecular formula is C23H25N. The van der Waals surface area contributed by atoms with Crippen LogP contribution in [0.2, 0.25) is 0 Å². The molecule has 3 aromatic rings. The van der Waals surface area contributed by atoms with Crippen molar-refractivity contribution >= 4 is 0 Å². The molecule has 0 atom stereocenters. The minimum Gasteiger partial charge on any atom is -0.256 e. The minimum absolute atomic E-state index is 0.795. The summed E-state index contributed by atoms with van der Waals surface area (Å²) in [5.74, 6) is 0.795. The molecule has 0 radical (unpaired) electrons. The third-order valence-corrected chi connectivity index (χ3v) is 4.79. The van der Waals surface area contributed by atoms with Crippen molar-refractivity contribution in [1.82, 2.24) is 4.98 Å². The fourth-order valence-corrected chi connectivity index (χ4v) is 3.14. The van der Waals surface area contributed by atoms with E-state index in [9.17, 15) is 0 Å². The molecule has 0 aliphatic heterocycles. The Hall–Kier alpha value is -2.41. The lowest BCUT2D eigenvalue weighted by Crippen LogP contribution is -2.01. The minimum atomic E-state index is 0.795. The van der Waals surface area contributed by atoms with E-state index in [-0.39, 0.29) is 0 Å².